The lowest BCUT2D eigenvalue weighted by Gasteiger charge is -2.39. The summed E-state index contributed by atoms with van der Waals surface area (Å²) in [5.74, 6) is -0.162. The lowest BCUT2D eigenvalue weighted by atomic mass is 9.75. The van der Waals surface area contributed by atoms with E-state index in [1.165, 1.54) is 32.8 Å². The molecular weight excluding hydrogens is 240 g/mol. The number of esters is 1. The normalized spacial score (nSPS) is 21.4. The molecule has 1 rings (SSSR count). The minimum atomic E-state index is -0.213. The number of nitrogens with one attached hydrogen (secondary N) is 1. The van der Waals surface area contributed by atoms with Crippen LogP contribution >= 0.6 is 0 Å². The van der Waals surface area contributed by atoms with Crippen molar-refractivity contribution in [3.8, 4) is 0 Å². The lowest BCUT2D eigenvalue weighted by molar-refractivity contribution is -0.143. The van der Waals surface area contributed by atoms with Gasteiger partial charge in [0.15, 0.2) is 0 Å². The highest BCUT2D eigenvalue weighted by molar-refractivity contribution is 5.75. The van der Waals surface area contributed by atoms with Gasteiger partial charge in [-0.15, -0.1) is 0 Å². The Morgan fingerprint density at radius 2 is 2.00 bits per heavy atom. The number of nitrogens with zero attached hydrogens (tertiary/aromatic N) is 1. The molecule has 0 heterocycles. The molecule has 0 aromatic rings. The predicted octanol–water partition coefficient (Wildman–Crippen LogP) is 2.04. The van der Waals surface area contributed by atoms with Crippen LogP contribution in [0, 0.1) is 5.41 Å². The van der Waals surface area contributed by atoms with Crippen molar-refractivity contribution < 1.29 is 9.53 Å². The Hall–Kier alpha value is -0.610. The first kappa shape index (κ1) is 16.4. The van der Waals surface area contributed by atoms with Crippen molar-refractivity contribution in [2.45, 2.75) is 58.5 Å². The maximum atomic E-state index is 11.7. The van der Waals surface area contributed by atoms with Gasteiger partial charge in [0.2, 0.25) is 0 Å². The van der Waals surface area contributed by atoms with E-state index in [0.717, 1.165) is 13.1 Å². The molecular formula is C15H30N2O2. The van der Waals surface area contributed by atoms with Crippen molar-refractivity contribution >= 4 is 5.97 Å². The first-order valence-electron chi connectivity index (χ1n) is 7.41. The zero-order valence-electron chi connectivity index (χ0n) is 13.2. The van der Waals surface area contributed by atoms with Gasteiger partial charge in [-0.3, -0.25) is 4.79 Å². The molecule has 4 nitrogen and oxygen atoms in total. The molecule has 0 aromatic carbocycles. The molecule has 0 aromatic heterocycles. The van der Waals surface area contributed by atoms with Gasteiger partial charge in [-0.1, -0.05) is 20.8 Å². The molecule has 4 heteroatoms. The first-order valence-corrected chi connectivity index (χ1v) is 7.41. The van der Waals surface area contributed by atoms with Crippen LogP contribution in [-0.4, -0.2) is 50.2 Å². The Morgan fingerprint density at radius 3 is 2.47 bits per heavy atom. The molecule has 0 spiro atoms. The second-order valence-corrected chi connectivity index (χ2v) is 6.47. The fourth-order valence-electron chi connectivity index (χ4n) is 2.87. The highest BCUT2D eigenvalue weighted by Gasteiger charge is 2.30. The molecule has 1 unspecified atom stereocenters. The van der Waals surface area contributed by atoms with Gasteiger partial charge in [0.25, 0.3) is 0 Å². The summed E-state index contributed by atoms with van der Waals surface area (Å²) in [7, 11) is 3.58. The van der Waals surface area contributed by atoms with Crippen molar-refractivity contribution in [1.82, 2.24) is 10.2 Å². The van der Waals surface area contributed by atoms with Gasteiger partial charge in [0.05, 0.1) is 7.11 Å². The minimum absolute atomic E-state index is 0.162. The molecule has 1 N–H and O–H groups in total. The van der Waals surface area contributed by atoms with Crippen LogP contribution < -0.4 is 5.32 Å². The van der Waals surface area contributed by atoms with Gasteiger partial charge < -0.3 is 15.0 Å². The molecule has 1 fully saturated rings. The maximum absolute atomic E-state index is 11.7. The number of methoxy groups -OCH3 is 1. The zero-order chi connectivity index (χ0) is 14.5. The topological polar surface area (TPSA) is 41.6 Å². The Bertz CT molecular complexity index is 282. The second kappa shape index (κ2) is 7.25. The van der Waals surface area contributed by atoms with E-state index in [1.54, 1.807) is 0 Å². The van der Waals surface area contributed by atoms with Gasteiger partial charge in [-0.05, 0) is 44.7 Å². The molecule has 0 amide bonds. The van der Waals surface area contributed by atoms with Crippen LogP contribution in [0.5, 0.6) is 0 Å². The highest BCUT2D eigenvalue weighted by Crippen LogP contribution is 2.36. The van der Waals surface area contributed by atoms with E-state index in [1.807, 2.05) is 6.92 Å². The van der Waals surface area contributed by atoms with E-state index in [0.29, 0.717) is 11.5 Å². The number of hydrogen-bond donors (Lipinski definition) is 1. The third-order valence-corrected chi connectivity index (χ3v) is 4.34. The fourth-order valence-corrected chi connectivity index (χ4v) is 2.87. The molecule has 0 bridgehead atoms. The van der Waals surface area contributed by atoms with Gasteiger partial charge >= 0.3 is 5.97 Å². The van der Waals surface area contributed by atoms with E-state index >= 15 is 0 Å². The fraction of sp³-hybridized carbons (Fsp3) is 0.933. The lowest BCUT2D eigenvalue weighted by Crippen LogP contribution is -2.49. The van der Waals surface area contributed by atoms with E-state index in [9.17, 15) is 4.79 Å². The number of carbonyl (C=O) groups excluding carboxylic acids is 1. The molecule has 0 saturated heterocycles. The summed E-state index contributed by atoms with van der Waals surface area (Å²) >= 11 is 0. The van der Waals surface area contributed by atoms with Crippen molar-refractivity contribution in [3.63, 3.8) is 0 Å². The minimum Gasteiger partial charge on any atom is -0.468 e. The van der Waals surface area contributed by atoms with Crippen molar-refractivity contribution in [2.75, 3.05) is 27.2 Å². The average molecular weight is 270 g/mol. The van der Waals surface area contributed by atoms with E-state index in [4.69, 9.17) is 4.74 Å². The van der Waals surface area contributed by atoms with E-state index in [-0.39, 0.29) is 12.0 Å². The van der Waals surface area contributed by atoms with Crippen LogP contribution in [-0.2, 0) is 9.53 Å². The molecule has 0 aliphatic heterocycles. The first-order chi connectivity index (χ1) is 8.89. The summed E-state index contributed by atoms with van der Waals surface area (Å²) in [5, 5.41) is 3.20. The largest absolute Gasteiger partial charge is 0.468 e. The van der Waals surface area contributed by atoms with E-state index in [2.05, 4.69) is 31.1 Å². The Morgan fingerprint density at radius 1 is 1.42 bits per heavy atom. The van der Waals surface area contributed by atoms with Crippen molar-refractivity contribution in [3.05, 3.63) is 0 Å². The summed E-state index contributed by atoms with van der Waals surface area (Å²) in [6.07, 6.45) is 4.99. The smallest absolute Gasteiger partial charge is 0.324 e. The number of carbonyl (C=O) groups is 1. The number of rotatable bonds is 6. The molecule has 1 aliphatic carbocycles. The molecule has 1 saturated carbocycles. The predicted molar refractivity (Wildman–Crippen MR) is 78.1 cm³/mol. The van der Waals surface area contributed by atoms with Crippen LogP contribution in [0.4, 0.5) is 0 Å². The highest BCUT2D eigenvalue weighted by atomic mass is 16.5. The molecule has 1 atom stereocenters. The van der Waals surface area contributed by atoms with Crippen molar-refractivity contribution in [1.29, 1.82) is 0 Å². The van der Waals surface area contributed by atoms with Gasteiger partial charge in [-0.25, -0.2) is 0 Å². The Kier molecular flexibility index (Phi) is 6.27. The van der Waals surface area contributed by atoms with Crippen LogP contribution in [0.2, 0.25) is 0 Å². The molecule has 1 aliphatic rings. The average Bonchev–Trinajstić information content (AvgIpc) is 2.37. The quantitative estimate of drug-likeness (QED) is 0.750. The number of ether oxygens (including phenoxy) is 1. The van der Waals surface area contributed by atoms with Crippen LogP contribution in [0.3, 0.4) is 0 Å². The van der Waals surface area contributed by atoms with Crippen LogP contribution in [0.15, 0.2) is 0 Å². The SMILES string of the molecule is CCNC(CN(C)C1CCC(C)(C)CC1)C(=O)OC. The van der Waals surface area contributed by atoms with E-state index < -0.39 is 0 Å². The molecule has 112 valence electrons. The van der Waals surface area contributed by atoms with Crippen LogP contribution in [0.1, 0.15) is 46.5 Å². The number of hydrogen-bond acceptors (Lipinski definition) is 4. The second-order valence-electron chi connectivity index (χ2n) is 6.47. The Balaban J connectivity index is 2.48. The summed E-state index contributed by atoms with van der Waals surface area (Å²) < 4.78 is 4.86. The summed E-state index contributed by atoms with van der Waals surface area (Å²) in [6.45, 7) is 8.22. The third kappa shape index (κ3) is 5.11. The maximum Gasteiger partial charge on any atom is 0.324 e. The summed E-state index contributed by atoms with van der Waals surface area (Å²) in [6, 6.07) is 0.383. The Labute approximate surface area is 117 Å². The zero-order valence-corrected chi connectivity index (χ0v) is 13.2. The number of likely N-dealkylation sites (N-methyl/N-ethyl adjacent to an activating group) is 2. The van der Waals surface area contributed by atoms with Crippen LogP contribution in [0.25, 0.3) is 0 Å². The van der Waals surface area contributed by atoms with Gasteiger partial charge in [0, 0.05) is 12.6 Å². The van der Waals surface area contributed by atoms with Gasteiger partial charge in [-0.2, -0.15) is 0 Å². The van der Waals surface area contributed by atoms with Gasteiger partial charge in [0.1, 0.15) is 6.04 Å². The third-order valence-electron chi connectivity index (χ3n) is 4.34. The molecule has 19 heavy (non-hydrogen) atoms. The van der Waals surface area contributed by atoms with Crippen molar-refractivity contribution in [2.24, 2.45) is 5.41 Å². The summed E-state index contributed by atoms with van der Waals surface area (Å²) in [4.78, 5) is 14.0. The summed E-state index contributed by atoms with van der Waals surface area (Å²) in [5.41, 5.74) is 0.487. The molecule has 0 radical (unpaired) electrons. The standard InChI is InChI=1S/C15H30N2O2/c1-6-16-13(14(18)19-5)11-17(4)12-7-9-15(2,3)10-8-12/h12-13,16H,6-11H2,1-5H3. The monoisotopic (exact) mass is 270 g/mol.